The molecular weight excluding hydrogens is 352 g/mol. The Kier molecular flexibility index (Phi) is 6.50. The Morgan fingerprint density at radius 1 is 1.21 bits per heavy atom. The minimum Gasteiger partial charge on any atom is -0.497 e. The van der Waals surface area contributed by atoms with Crippen LogP contribution in [-0.4, -0.2) is 43.2 Å². The zero-order valence-corrected chi connectivity index (χ0v) is 18.1. The molecule has 2 aromatic rings. The van der Waals surface area contributed by atoms with Gasteiger partial charge >= 0.3 is 0 Å². The van der Waals surface area contributed by atoms with E-state index >= 15 is 0 Å². The van der Waals surface area contributed by atoms with E-state index in [1.807, 2.05) is 11.7 Å². The molecule has 1 N–H and O–H groups in total. The van der Waals surface area contributed by atoms with Gasteiger partial charge < -0.3 is 19.7 Å². The van der Waals surface area contributed by atoms with Crippen LogP contribution in [0.4, 0.5) is 17.3 Å². The van der Waals surface area contributed by atoms with Gasteiger partial charge in [-0.1, -0.05) is 13.3 Å². The summed E-state index contributed by atoms with van der Waals surface area (Å²) in [7, 11) is 5.51. The van der Waals surface area contributed by atoms with Gasteiger partial charge in [-0.15, -0.1) is 0 Å². The summed E-state index contributed by atoms with van der Waals surface area (Å²) >= 11 is 0. The van der Waals surface area contributed by atoms with Gasteiger partial charge in [0.2, 0.25) is 0 Å². The van der Waals surface area contributed by atoms with Crippen LogP contribution in [-0.2, 0) is 18.2 Å². The van der Waals surface area contributed by atoms with Crippen LogP contribution in [0.5, 0.6) is 5.75 Å². The predicted molar refractivity (Wildman–Crippen MR) is 115 cm³/mol. The SMILES string of the molecule is CCCC(COC)Nc1c2c(nn1C)N(c1c(C)cc(OC)cc1C)CCC2. The summed E-state index contributed by atoms with van der Waals surface area (Å²) < 4.78 is 12.9. The van der Waals surface area contributed by atoms with Gasteiger partial charge in [-0.3, -0.25) is 4.68 Å². The molecule has 3 rings (SSSR count). The van der Waals surface area contributed by atoms with E-state index in [9.17, 15) is 0 Å². The Bertz CT molecular complexity index is 786. The average molecular weight is 387 g/mol. The van der Waals surface area contributed by atoms with E-state index < -0.39 is 0 Å². The number of nitrogens with one attached hydrogen (secondary N) is 1. The number of hydrogen-bond donors (Lipinski definition) is 1. The molecule has 1 aromatic heterocycles. The molecule has 28 heavy (non-hydrogen) atoms. The molecule has 0 saturated heterocycles. The van der Waals surface area contributed by atoms with E-state index in [2.05, 4.69) is 43.1 Å². The van der Waals surface area contributed by atoms with Crippen LogP contribution in [0, 0.1) is 13.8 Å². The topological polar surface area (TPSA) is 51.5 Å². The molecule has 1 aliphatic heterocycles. The summed E-state index contributed by atoms with van der Waals surface area (Å²) in [6.45, 7) is 8.19. The number of methoxy groups -OCH3 is 2. The number of fused-ring (bicyclic) bond motifs is 1. The van der Waals surface area contributed by atoms with Crippen LogP contribution in [0.3, 0.4) is 0 Å². The van der Waals surface area contributed by atoms with Crippen LogP contribution in [0.15, 0.2) is 12.1 Å². The molecule has 6 nitrogen and oxygen atoms in total. The largest absolute Gasteiger partial charge is 0.497 e. The first-order valence-electron chi connectivity index (χ1n) is 10.2. The van der Waals surface area contributed by atoms with E-state index in [0.29, 0.717) is 12.6 Å². The first kappa shape index (κ1) is 20.5. The van der Waals surface area contributed by atoms with Gasteiger partial charge in [0.15, 0.2) is 5.82 Å². The van der Waals surface area contributed by atoms with Crippen molar-refractivity contribution in [3.05, 3.63) is 28.8 Å². The molecule has 0 radical (unpaired) electrons. The fourth-order valence-corrected chi connectivity index (χ4v) is 4.32. The van der Waals surface area contributed by atoms with E-state index in [0.717, 1.165) is 49.6 Å². The number of anilines is 3. The Hall–Kier alpha value is -2.21. The Balaban J connectivity index is 1.98. The van der Waals surface area contributed by atoms with E-state index in [1.54, 1.807) is 14.2 Å². The van der Waals surface area contributed by atoms with Crippen LogP contribution in [0.1, 0.15) is 42.9 Å². The second-order valence-corrected chi connectivity index (χ2v) is 7.72. The van der Waals surface area contributed by atoms with Crippen LogP contribution in [0.25, 0.3) is 0 Å². The Labute approximate surface area is 168 Å². The Morgan fingerprint density at radius 3 is 2.54 bits per heavy atom. The third kappa shape index (κ3) is 3.97. The molecule has 0 aliphatic carbocycles. The number of nitrogens with zero attached hydrogens (tertiary/aromatic N) is 3. The Morgan fingerprint density at radius 2 is 1.93 bits per heavy atom. The monoisotopic (exact) mass is 386 g/mol. The lowest BCUT2D eigenvalue weighted by atomic mass is 10.0. The first-order valence-corrected chi connectivity index (χ1v) is 10.2. The van der Waals surface area contributed by atoms with E-state index in [1.165, 1.54) is 22.4 Å². The molecule has 0 amide bonds. The van der Waals surface area contributed by atoms with Gasteiger partial charge in [0.1, 0.15) is 11.6 Å². The van der Waals surface area contributed by atoms with Crippen LogP contribution < -0.4 is 15.0 Å². The summed E-state index contributed by atoms with van der Waals surface area (Å²) in [5.41, 5.74) is 4.98. The molecule has 0 fully saturated rings. The normalized spacial score (nSPS) is 14.7. The second kappa shape index (κ2) is 8.86. The number of hydrogen-bond acceptors (Lipinski definition) is 5. The number of benzene rings is 1. The highest BCUT2D eigenvalue weighted by Crippen LogP contribution is 2.40. The van der Waals surface area contributed by atoms with Crippen molar-refractivity contribution in [1.82, 2.24) is 9.78 Å². The average Bonchev–Trinajstić information content (AvgIpc) is 2.98. The lowest BCUT2D eigenvalue weighted by molar-refractivity contribution is 0.182. The van der Waals surface area contributed by atoms with Crippen LogP contribution in [0.2, 0.25) is 0 Å². The van der Waals surface area contributed by atoms with E-state index in [-0.39, 0.29) is 0 Å². The molecular formula is C22H34N4O2. The third-order valence-corrected chi connectivity index (χ3v) is 5.50. The maximum Gasteiger partial charge on any atom is 0.160 e. The maximum atomic E-state index is 5.44. The molecule has 1 atom stereocenters. The van der Waals surface area contributed by atoms with Crippen molar-refractivity contribution in [3.8, 4) is 5.75 Å². The van der Waals surface area contributed by atoms with Gasteiger partial charge in [0.05, 0.1) is 19.8 Å². The van der Waals surface area contributed by atoms with Crippen molar-refractivity contribution in [2.75, 3.05) is 37.6 Å². The number of rotatable bonds is 8. The highest BCUT2D eigenvalue weighted by Gasteiger charge is 2.28. The summed E-state index contributed by atoms with van der Waals surface area (Å²) in [6.07, 6.45) is 4.36. The van der Waals surface area contributed by atoms with Gasteiger partial charge in [-0.05, 0) is 56.4 Å². The fourth-order valence-electron chi connectivity index (χ4n) is 4.32. The molecule has 154 valence electrons. The quantitative estimate of drug-likeness (QED) is 0.731. The fraction of sp³-hybridized carbons (Fsp3) is 0.591. The molecule has 0 spiro atoms. The van der Waals surface area contributed by atoms with Crippen molar-refractivity contribution in [2.24, 2.45) is 7.05 Å². The van der Waals surface area contributed by atoms with Crippen molar-refractivity contribution < 1.29 is 9.47 Å². The zero-order valence-electron chi connectivity index (χ0n) is 18.1. The first-order chi connectivity index (χ1) is 13.5. The number of aromatic nitrogens is 2. The van der Waals surface area contributed by atoms with Gasteiger partial charge in [-0.25, -0.2) is 0 Å². The molecule has 0 bridgehead atoms. The maximum absolute atomic E-state index is 5.44. The van der Waals surface area contributed by atoms with Crippen molar-refractivity contribution >= 4 is 17.3 Å². The van der Waals surface area contributed by atoms with E-state index in [4.69, 9.17) is 14.6 Å². The van der Waals surface area contributed by atoms with Gasteiger partial charge in [0, 0.05) is 32.0 Å². The lowest BCUT2D eigenvalue weighted by Gasteiger charge is -2.31. The summed E-state index contributed by atoms with van der Waals surface area (Å²) in [6, 6.07) is 4.51. The molecule has 6 heteroatoms. The minimum absolute atomic E-state index is 0.300. The predicted octanol–water partition coefficient (Wildman–Crippen LogP) is 4.36. The summed E-state index contributed by atoms with van der Waals surface area (Å²) in [5, 5.41) is 8.62. The lowest BCUT2D eigenvalue weighted by Crippen LogP contribution is -2.28. The molecule has 1 unspecified atom stereocenters. The number of aryl methyl sites for hydroxylation is 3. The van der Waals surface area contributed by atoms with Gasteiger partial charge in [-0.2, -0.15) is 5.10 Å². The standard InChI is InChI=1S/C22H34N4O2/c1-7-9-17(14-27-5)23-21-19-10-8-11-26(22(19)24-25(21)4)20-15(2)12-18(28-6)13-16(20)3/h12-13,17,23H,7-11,14H2,1-6H3. The summed E-state index contributed by atoms with van der Waals surface area (Å²) in [5.74, 6) is 3.10. The highest BCUT2D eigenvalue weighted by molar-refractivity contribution is 5.74. The highest BCUT2D eigenvalue weighted by atomic mass is 16.5. The van der Waals surface area contributed by atoms with Crippen LogP contribution >= 0.6 is 0 Å². The third-order valence-electron chi connectivity index (χ3n) is 5.50. The van der Waals surface area contributed by atoms with Crippen molar-refractivity contribution in [2.45, 2.75) is 52.5 Å². The number of ether oxygens (including phenoxy) is 2. The van der Waals surface area contributed by atoms with Crippen molar-refractivity contribution in [1.29, 1.82) is 0 Å². The smallest absolute Gasteiger partial charge is 0.160 e. The molecule has 0 saturated carbocycles. The summed E-state index contributed by atoms with van der Waals surface area (Å²) in [4.78, 5) is 2.37. The van der Waals surface area contributed by atoms with Gasteiger partial charge in [0.25, 0.3) is 0 Å². The molecule has 1 aromatic carbocycles. The zero-order chi connectivity index (χ0) is 20.3. The minimum atomic E-state index is 0.300. The molecule has 1 aliphatic rings. The second-order valence-electron chi connectivity index (χ2n) is 7.72. The molecule has 2 heterocycles. The van der Waals surface area contributed by atoms with Crippen molar-refractivity contribution in [3.63, 3.8) is 0 Å².